The van der Waals surface area contributed by atoms with E-state index in [0.29, 0.717) is 5.75 Å². The number of carbonyl (C=O) groups is 2. The van der Waals surface area contributed by atoms with Crippen LogP contribution in [-0.2, 0) is 4.79 Å². The zero-order valence-corrected chi connectivity index (χ0v) is 15.7. The van der Waals surface area contributed by atoms with Gasteiger partial charge in [0, 0.05) is 17.3 Å². The lowest BCUT2D eigenvalue weighted by molar-refractivity contribution is -0.164. The summed E-state index contributed by atoms with van der Waals surface area (Å²) in [6.45, 7) is 3.06. The fourth-order valence-electron chi connectivity index (χ4n) is 2.55. The predicted molar refractivity (Wildman–Crippen MR) is 101 cm³/mol. The Morgan fingerprint density at radius 2 is 1.68 bits per heavy atom. The Morgan fingerprint density at radius 3 is 2.32 bits per heavy atom. The van der Waals surface area contributed by atoms with Crippen LogP contribution in [0, 0.1) is 0 Å². The van der Waals surface area contributed by atoms with E-state index < -0.39 is 29.9 Å². The van der Waals surface area contributed by atoms with E-state index in [-0.39, 0.29) is 16.8 Å². The third kappa shape index (κ3) is 4.64. The minimum absolute atomic E-state index is 0.0390. The summed E-state index contributed by atoms with van der Waals surface area (Å²) < 4.78 is 34.0. The molecule has 0 aliphatic carbocycles. The van der Waals surface area contributed by atoms with E-state index in [1.807, 2.05) is 0 Å². The van der Waals surface area contributed by atoms with Crippen molar-refractivity contribution in [3.63, 3.8) is 0 Å². The number of ether oxygens (including phenoxy) is 1. The summed E-state index contributed by atoms with van der Waals surface area (Å²) in [6.07, 6.45) is -2.44. The van der Waals surface area contributed by atoms with Crippen LogP contribution in [0.3, 0.4) is 0 Å². The van der Waals surface area contributed by atoms with E-state index in [1.165, 1.54) is 51.3 Å². The van der Waals surface area contributed by atoms with Gasteiger partial charge >= 0.3 is 5.92 Å². The highest BCUT2D eigenvalue weighted by Crippen LogP contribution is 2.35. The Kier molecular flexibility index (Phi) is 6.69. The lowest BCUT2D eigenvalue weighted by atomic mass is 10.00. The van der Waals surface area contributed by atoms with Crippen molar-refractivity contribution >= 4 is 17.5 Å². The number of para-hydroxylation sites is 2. The van der Waals surface area contributed by atoms with Gasteiger partial charge in [-0.1, -0.05) is 30.3 Å². The van der Waals surface area contributed by atoms with Gasteiger partial charge in [-0.25, -0.2) is 0 Å². The van der Waals surface area contributed by atoms with E-state index in [2.05, 4.69) is 10.6 Å². The molecule has 3 N–H and O–H groups in total. The Morgan fingerprint density at radius 1 is 1.07 bits per heavy atom. The van der Waals surface area contributed by atoms with Gasteiger partial charge in [-0.2, -0.15) is 8.78 Å². The molecule has 8 heteroatoms. The van der Waals surface area contributed by atoms with Crippen molar-refractivity contribution in [3.05, 3.63) is 59.7 Å². The van der Waals surface area contributed by atoms with Crippen LogP contribution < -0.4 is 15.4 Å². The highest BCUT2D eigenvalue weighted by molar-refractivity contribution is 6.06. The summed E-state index contributed by atoms with van der Waals surface area (Å²) in [4.78, 5) is 24.4. The number of hydrogen-bond donors (Lipinski definition) is 3. The maximum atomic E-state index is 14.4. The first kappa shape index (κ1) is 21.3. The topological polar surface area (TPSA) is 87.7 Å². The zero-order chi connectivity index (χ0) is 20.9. The standard InChI is InChI=1S/C20H22F2N2O4/c1-12(2)23-19(27)20(21,22)17(25)13-8-4-6-10-15(13)24-18(26)14-9-5-7-11-16(14)28-3/h4-12,17,25H,1-3H3,(H,23,27)(H,24,26). The van der Waals surface area contributed by atoms with Gasteiger partial charge in [-0.3, -0.25) is 9.59 Å². The molecule has 0 heterocycles. The van der Waals surface area contributed by atoms with E-state index in [0.717, 1.165) is 0 Å². The molecule has 0 aliphatic rings. The van der Waals surface area contributed by atoms with Crippen molar-refractivity contribution < 1.29 is 28.2 Å². The molecule has 6 nitrogen and oxygen atoms in total. The summed E-state index contributed by atoms with van der Waals surface area (Å²) in [6, 6.07) is 11.4. The fourth-order valence-corrected chi connectivity index (χ4v) is 2.55. The monoisotopic (exact) mass is 392 g/mol. The first-order chi connectivity index (χ1) is 13.2. The van der Waals surface area contributed by atoms with Gasteiger partial charge in [-0.15, -0.1) is 0 Å². The van der Waals surface area contributed by atoms with Crippen molar-refractivity contribution in [1.29, 1.82) is 0 Å². The summed E-state index contributed by atoms with van der Waals surface area (Å²) in [5.41, 5.74) is -0.129. The quantitative estimate of drug-likeness (QED) is 0.676. The number of benzene rings is 2. The van der Waals surface area contributed by atoms with Gasteiger partial charge in [0.05, 0.1) is 12.7 Å². The minimum atomic E-state index is -4.09. The molecule has 0 spiro atoms. The van der Waals surface area contributed by atoms with Gasteiger partial charge in [0.2, 0.25) is 0 Å². The number of rotatable bonds is 7. The Bertz CT molecular complexity index is 856. The molecule has 28 heavy (non-hydrogen) atoms. The summed E-state index contributed by atoms with van der Waals surface area (Å²) in [5.74, 6) is -5.98. The molecule has 0 fully saturated rings. The Hall–Kier alpha value is -3.00. The molecular weight excluding hydrogens is 370 g/mol. The van der Waals surface area contributed by atoms with Crippen LogP contribution in [0.2, 0.25) is 0 Å². The average Bonchev–Trinajstić information content (AvgIpc) is 2.67. The second-order valence-corrected chi connectivity index (χ2v) is 6.40. The minimum Gasteiger partial charge on any atom is -0.496 e. The molecule has 2 aromatic rings. The number of aliphatic hydroxyl groups is 1. The second kappa shape index (κ2) is 8.79. The molecule has 0 aliphatic heterocycles. The summed E-state index contributed by atoms with van der Waals surface area (Å²) in [5, 5.41) is 14.8. The molecule has 2 aromatic carbocycles. The predicted octanol–water partition coefficient (Wildman–Crippen LogP) is 3.14. The fraction of sp³-hybridized carbons (Fsp3) is 0.300. The Balaban J connectivity index is 2.32. The number of nitrogens with one attached hydrogen (secondary N) is 2. The molecule has 1 unspecified atom stereocenters. The van der Waals surface area contributed by atoms with E-state index in [1.54, 1.807) is 18.2 Å². The van der Waals surface area contributed by atoms with Gasteiger partial charge in [0.1, 0.15) is 5.75 Å². The van der Waals surface area contributed by atoms with Crippen molar-refractivity contribution in [3.8, 4) is 5.75 Å². The maximum Gasteiger partial charge on any atom is 0.353 e. The van der Waals surface area contributed by atoms with Gasteiger partial charge < -0.3 is 20.5 Å². The lowest BCUT2D eigenvalue weighted by Gasteiger charge is -2.25. The van der Waals surface area contributed by atoms with Crippen LogP contribution in [0.4, 0.5) is 14.5 Å². The third-order valence-corrected chi connectivity index (χ3v) is 3.92. The normalized spacial score (nSPS) is 12.4. The van der Waals surface area contributed by atoms with Crippen LogP contribution in [0.25, 0.3) is 0 Å². The first-order valence-corrected chi connectivity index (χ1v) is 8.58. The van der Waals surface area contributed by atoms with Crippen molar-refractivity contribution in [2.45, 2.75) is 31.9 Å². The number of anilines is 1. The van der Waals surface area contributed by atoms with Crippen LogP contribution in [0.5, 0.6) is 5.75 Å². The van der Waals surface area contributed by atoms with E-state index in [9.17, 15) is 23.5 Å². The second-order valence-electron chi connectivity index (χ2n) is 6.40. The number of halogens is 2. The third-order valence-electron chi connectivity index (χ3n) is 3.92. The highest BCUT2D eigenvalue weighted by Gasteiger charge is 2.48. The van der Waals surface area contributed by atoms with Crippen molar-refractivity contribution in [1.82, 2.24) is 5.32 Å². The van der Waals surface area contributed by atoms with Crippen LogP contribution in [0.1, 0.15) is 35.9 Å². The Labute approximate surface area is 161 Å². The highest BCUT2D eigenvalue weighted by atomic mass is 19.3. The summed E-state index contributed by atoms with van der Waals surface area (Å²) in [7, 11) is 1.40. The molecule has 0 aromatic heterocycles. The average molecular weight is 392 g/mol. The maximum absolute atomic E-state index is 14.4. The lowest BCUT2D eigenvalue weighted by Crippen LogP contribution is -2.47. The molecular formula is C20H22F2N2O4. The summed E-state index contributed by atoms with van der Waals surface area (Å²) >= 11 is 0. The van der Waals surface area contributed by atoms with Crippen LogP contribution >= 0.6 is 0 Å². The smallest absolute Gasteiger partial charge is 0.353 e. The van der Waals surface area contributed by atoms with Gasteiger partial charge in [-0.05, 0) is 32.0 Å². The van der Waals surface area contributed by atoms with Gasteiger partial charge in [0.25, 0.3) is 11.8 Å². The van der Waals surface area contributed by atoms with E-state index >= 15 is 0 Å². The molecule has 150 valence electrons. The number of carbonyl (C=O) groups excluding carboxylic acids is 2. The van der Waals surface area contributed by atoms with Crippen LogP contribution in [-0.4, -0.2) is 36.0 Å². The molecule has 2 amide bonds. The first-order valence-electron chi connectivity index (χ1n) is 8.58. The number of methoxy groups -OCH3 is 1. The molecule has 2 rings (SSSR count). The SMILES string of the molecule is COc1ccccc1C(=O)Nc1ccccc1C(O)C(F)(F)C(=O)NC(C)C. The number of amides is 2. The van der Waals surface area contributed by atoms with Crippen molar-refractivity contribution in [2.24, 2.45) is 0 Å². The molecule has 0 radical (unpaired) electrons. The largest absolute Gasteiger partial charge is 0.496 e. The molecule has 0 saturated heterocycles. The molecule has 0 saturated carbocycles. The van der Waals surface area contributed by atoms with Crippen LogP contribution in [0.15, 0.2) is 48.5 Å². The van der Waals surface area contributed by atoms with Crippen molar-refractivity contribution in [2.75, 3.05) is 12.4 Å². The molecule has 1 atom stereocenters. The number of alkyl halides is 2. The molecule has 0 bridgehead atoms. The number of hydrogen-bond acceptors (Lipinski definition) is 4. The number of aliphatic hydroxyl groups excluding tert-OH is 1. The zero-order valence-electron chi connectivity index (χ0n) is 15.7. The van der Waals surface area contributed by atoms with E-state index in [4.69, 9.17) is 4.74 Å². The van der Waals surface area contributed by atoms with Gasteiger partial charge in [0.15, 0.2) is 6.10 Å².